The number of benzene rings is 2. The van der Waals surface area contributed by atoms with Gasteiger partial charge in [-0.1, -0.05) is 60.2 Å². The van der Waals surface area contributed by atoms with Gasteiger partial charge in [0, 0.05) is 12.1 Å². The van der Waals surface area contributed by atoms with E-state index in [0.29, 0.717) is 0 Å². The molecule has 0 saturated carbocycles. The summed E-state index contributed by atoms with van der Waals surface area (Å²) < 4.78 is 0. The zero-order valence-electron chi connectivity index (χ0n) is 12.2. The number of aliphatic hydroxyl groups is 1. The minimum Gasteiger partial charge on any atom is -0.395 e. The third-order valence-electron chi connectivity index (χ3n) is 3.61. The molecule has 20 heavy (non-hydrogen) atoms. The van der Waals surface area contributed by atoms with Crippen LogP contribution in [0, 0.1) is 6.92 Å². The normalized spacial score (nSPS) is 13.9. The fourth-order valence-corrected chi connectivity index (χ4v) is 2.38. The molecule has 2 heteroatoms. The van der Waals surface area contributed by atoms with Gasteiger partial charge in [-0.3, -0.25) is 0 Å². The van der Waals surface area contributed by atoms with Crippen LogP contribution in [0.15, 0.2) is 54.6 Å². The molecule has 0 aliphatic rings. The van der Waals surface area contributed by atoms with E-state index in [9.17, 15) is 5.11 Å². The van der Waals surface area contributed by atoms with E-state index in [1.165, 1.54) is 16.7 Å². The molecule has 106 valence electrons. The predicted octanol–water partition coefficient (Wildman–Crippen LogP) is 3.25. The zero-order valence-corrected chi connectivity index (χ0v) is 12.2. The highest BCUT2D eigenvalue weighted by Crippen LogP contribution is 2.15. The maximum atomic E-state index is 9.56. The molecule has 2 aromatic rings. The van der Waals surface area contributed by atoms with E-state index in [1.807, 2.05) is 18.2 Å². The van der Waals surface area contributed by atoms with Crippen LogP contribution in [-0.4, -0.2) is 17.8 Å². The first kappa shape index (κ1) is 14.8. The summed E-state index contributed by atoms with van der Waals surface area (Å²) in [5.41, 5.74) is 3.77. The summed E-state index contributed by atoms with van der Waals surface area (Å²) in [5.74, 6) is 0. The Labute approximate surface area is 121 Å². The van der Waals surface area contributed by atoms with E-state index in [1.54, 1.807) is 0 Å². The topological polar surface area (TPSA) is 32.3 Å². The molecular weight excluding hydrogens is 246 g/mol. The van der Waals surface area contributed by atoms with E-state index < -0.39 is 0 Å². The van der Waals surface area contributed by atoms with Crippen LogP contribution in [0.4, 0.5) is 0 Å². The zero-order chi connectivity index (χ0) is 14.4. The number of hydrogen-bond acceptors (Lipinski definition) is 2. The predicted molar refractivity (Wildman–Crippen MR) is 83.7 cm³/mol. The van der Waals surface area contributed by atoms with Gasteiger partial charge in [0.1, 0.15) is 0 Å². The molecular formula is C18H23NO. The van der Waals surface area contributed by atoms with Crippen molar-refractivity contribution in [2.45, 2.75) is 32.4 Å². The lowest BCUT2D eigenvalue weighted by Gasteiger charge is -2.22. The van der Waals surface area contributed by atoms with E-state index in [0.717, 1.165) is 6.42 Å². The Morgan fingerprint density at radius 3 is 2.25 bits per heavy atom. The third-order valence-corrected chi connectivity index (χ3v) is 3.61. The summed E-state index contributed by atoms with van der Waals surface area (Å²) in [6, 6.07) is 19.1. The van der Waals surface area contributed by atoms with Crippen molar-refractivity contribution in [2.24, 2.45) is 0 Å². The fourth-order valence-electron chi connectivity index (χ4n) is 2.38. The van der Waals surface area contributed by atoms with Gasteiger partial charge in [-0.2, -0.15) is 0 Å². The van der Waals surface area contributed by atoms with Gasteiger partial charge in [0.2, 0.25) is 0 Å². The molecule has 2 aromatic carbocycles. The minimum absolute atomic E-state index is 0.0775. The van der Waals surface area contributed by atoms with Crippen LogP contribution in [0.1, 0.15) is 29.7 Å². The van der Waals surface area contributed by atoms with Crippen LogP contribution in [0.5, 0.6) is 0 Å². The summed E-state index contributed by atoms with van der Waals surface area (Å²) in [4.78, 5) is 0. The molecule has 0 heterocycles. The summed E-state index contributed by atoms with van der Waals surface area (Å²) >= 11 is 0. The molecule has 1 unspecified atom stereocenters. The second-order valence-electron chi connectivity index (χ2n) is 5.37. The van der Waals surface area contributed by atoms with Gasteiger partial charge in [-0.15, -0.1) is 0 Å². The third kappa shape index (κ3) is 4.19. The first-order valence-electron chi connectivity index (χ1n) is 7.16. The highest BCUT2D eigenvalue weighted by molar-refractivity contribution is 5.24. The van der Waals surface area contributed by atoms with Crippen molar-refractivity contribution in [3.05, 3.63) is 71.3 Å². The maximum absolute atomic E-state index is 9.56. The van der Waals surface area contributed by atoms with Crippen molar-refractivity contribution in [3.8, 4) is 0 Å². The quantitative estimate of drug-likeness (QED) is 0.843. The number of nitrogens with one attached hydrogen (secondary N) is 1. The van der Waals surface area contributed by atoms with Crippen LogP contribution in [-0.2, 0) is 6.42 Å². The van der Waals surface area contributed by atoms with Gasteiger partial charge in [0.15, 0.2) is 0 Å². The average Bonchev–Trinajstić information content (AvgIpc) is 2.48. The van der Waals surface area contributed by atoms with Crippen LogP contribution in [0.25, 0.3) is 0 Å². The molecule has 2 atom stereocenters. The summed E-state index contributed by atoms with van der Waals surface area (Å²) in [6.45, 7) is 4.37. The molecule has 2 nitrogen and oxygen atoms in total. The number of rotatable bonds is 6. The number of hydrogen-bond donors (Lipinski definition) is 2. The van der Waals surface area contributed by atoms with Crippen molar-refractivity contribution < 1.29 is 5.11 Å². The average molecular weight is 269 g/mol. The largest absolute Gasteiger partial charge is 0.395 e. The molecule has 2 rings (SSSR count). The van der Waals surface area contributed by atoms with E-state index in [2.05, 4.69) is 55.6 Å². The molecule has 0 spiro atoms. The van der Waals surface area contributed by atoms with E-state index >= 15 is 0 Å². The first-order chi connectivity index (χ1) is 9.69. The van der Waals surface area contributed by atoms with Gasteiger partial charge in [-0.25, -0.2) is 0 Å². The van der Waals surface area contributed by atoms with Crippen molar-refractivity contribution in [3.63, 3.8) is 0 Å². The molecule has 0 fully saturated rings. The molecule has 0 radical (unpaired) electrons. The molecule has 0 amide bonds. The van der Waals surface area contributed by atoms with Gasteiger partial charge >= 0.3 is 0 Å². The smallest absolute Gasteiger partial charge is 0.0588 e. The summed E-state index contributed by atoms with van der Waals surface area (Å²) in [6.07, 6.45) is 0.841. The van der Waals surface area contributed by atoms with Gasteiger partial charge in [0.05, 0.1) is 6.61 Å². The Hall–Kier alpha value is -1.64. The standard InChI is InChI=1S/C18H23NO/c1-14-8-10-17(11-9-14)15(2)19-18(13-20)12-16-6-4-3-5-7-16/h3-11,15,18-20H,12-13H2,1-2H3/t15?,18-/m1/s1. The summed E-state index contributed by atoms with van der Waals surface area (Å²) in [5, 5.41) is 13.1. The lowest BCUT2D eigenvalue weighted by Crippen LogP contribution is -2.36. The van der Waals surface area contributed by atoms with Crippen molar-refractivity contribution >= 4 is 0 Å². The Kier molecular flexibility index (Phi) is 5.33. The lowest BCUT2D eigenvalue weighted by molar-refractivity contribution is 0.232. The maximum Gasteiger partial charge on any atom is 0.0588 e. The molecule has 0 aromatic heterocycles. The Morgan fingerprint density at radius 1 is 1.00 bits per heavy atom. The highest BCUT2D eigenvalue weighted by Gasteiger charge is 2.13. The van der Waals surface area contributed by atoms with Crippen molar-refractivity contribution in [2.75, 3.05) is 6.61 Å². The fraction of sp³-hybridized carbons (Fsp3) is 0.333. The van der Waals surface area contributed by atoms with Crippen molar-refractivity contribution in [1.29, 1.82) is 0 Å². The second kappa shape index (κ2) is 7.22. The van der Waals surface area contributed by atoms with Crippen LogP contribution in [0.3, 0.4) is 0 Å². The first-order valence-corrected chi connectivity index (χ1v) is 7.16. The van der Waals surface area contributed by atoms with Gasteiger partial charge in [-0.05, 0) is 31.4 Å². The molecule has 0 aliphatic heterocycles. The Bertz CT molecular complexity index is 507. The number of aliphatic hydroxyl groups excluding tert-OH is 1. The highest BCUT2D eigenvalue weighted by atomic mass is 16.3. The monoisotopic (exact) mass is 269 g/mol. The molecule has 2 N–H and O–H groups in total. The van der Waals surface area contributed by atoms with Gasteiger partial charge < -0.3 is 10.4 Å². The van der Waals surface area contributed by atoms with E-state index in [4.69, 9.17) is 0 Å². The minimum atomic E-state index is 0.0775. The lowest BCUT2D eigenvalue weighted by atomic mass is 10.0. The molecule has 0 aliphatic carbocycles. The van der Waals surface area contributed by atoms with Crippen LogP contribution < -0.4 is 5.32 Å². The van der Waals surface area contributed by atoms with Gasteiger partial charge in [0.25, 0.3) is 0 Å². The Morgan fingerprint density at radius 2 is 1.65 bits per heavy atom. The van der Waals surface area contributed by atoms with Crippen molar-refractivity contribution in [1.82, 2.24) is 5.32 Å². The summed E-state index contributed by atoms with van der Waals surface area (Å²) in [7, 11) is 0. The van der Waals surface area contributed by atoms with E-state index in [-0.39, 0.29) is 18.7 Å². The van der Waals surface area contributed by atoms with Crippen LogP contribution >= 0.6 is 0 Å². The SMILES string of the molecule is Cc1ccc(C(C)N[C@@H](CO)Cc2ccccc2)cc1. The van der Waals surface area contributed by atoms with Crippen LogP contribution in [0.2, 0.25) is 0 Å². The molecule has 0 saturated heterocycles. The second-order valence-corrected chi connectivity index (χ2v) is 5.37. The molecule has 0 bridgehead atoms. The number of aryl methyl sites for hydroxylation is 1. The Balaban J connectivity index is 1.97.